The number of aryl methyl sites for hydroxylation is 1. The topological polar surface area (TPSA) is 86.4 Å². The molecular weight excluding hydrogens is 406 g/mol. The molecule has 0 spiro atoms. The second-order valence-electron chi connectivity index (χ2n) is 7.53. The molecule has 5 aromatic rings. The van der Waals surface area contributed by atoms with E-state index in [0.29, 0.717) is 16.8 Å². The fraction of sp³-hybridized carbons (Fsp3) is 0.160. The van der Waals surface area contributed by atoms with Crippen LogP contribution in [-0.4, -0.2) is 27.5 Å². The third-order valence-electron chi connectivity index (χ3n) is 5.59. The molecule has 32 heavy (non-hydrogen) atoms. The molecule has 5 rings (SSSR count). The van der Waals surface area contributed by atoms with Crippen molar-refractivity contribution in [3.8, 4) is 0 Å². The molecule has 0 aliphatic carbocycles. The van der Waals surface area contributed by atoms with Gasteiger partial charge in [-0.2, -0.15) is 0 Å². The monoisotopic (exact) mass is 427 g/mol. The fourth-order valence-corrected chi connectivity index (χ4v) is 4.04. The van der Waals surface area contributed by atoms with E-state index in [1.165, 1.54) is 13.3 Å². The second-order valence-corrected chi connectivity index (χ2v) is 7.53. The Labute approximate surface area is 183 Å². The smallest absolute Gasteiger partial charge is 0.341 e. The minimum atomic E-state index is -0.989. The number of anilines is 1. The summed E-state index contributed by atoms with van der Waals surface area (Å²) in [5, 5.41) is 5.04. The van der Waals surface area contributed by atoms with E-state index in [2.05, 4.69) is 33.9 Å². The quantitative estimate of drug-likeness (QED) is 0.393. The number of carbonyl (C=O) groups is 2. The van der Waals surface area contributed by atoms with Gasteiger partial charge in [-0.3, -0.25) is 4.79 Å². The average Bonchev–Trinajstić information content (AvgIpc) is 3.41. The Kier molecular flexibility index (Phi) is 4.86. The largest absolute Gasteiger partial charge is 0.449 e. The van der Waals surface area contributed by atoms with E-state index in [0.717, 1.165) is 28.4 Å². The van der Waals surface area contributed by atoms with Crippen molar-refractivity contribution in [1.82, 2.24) is 9.55 Å². The molecule has 0 aliphatic heterocycles. The van der Waals surface area contributed by atoms with Gasteiger partial charge in [0.25, 0.3) is 5.91 Å². The molecule has 1 atom stereocenters. The van der Waals surface area contributed by atoms with E-state index < -0.39 is 18.0 Å². The van der Waals surface area contributed by atoms with Gasteiger partial charge in [0.05, 0.1) is 5.56 Å². The van der Waals surface area contributed by atoms with Crippen LogP contribution in [0.4, 0.5) is 5.69 Å². The number of esters is 1. The number of benzene rings is 3. The first kappa shape index (κ1) is 19.8. The highest BCUT2D eigenvalue weighted by Gasteiger charge is 2.22. The van der Waals surface area contributed by atoms with E-state index in [4.69, 9.17) is 9.15 Å². The Morgan fingerprint density at radius 1 is 1.06 bits per heavy atom. The van der Waals surface area contributed by atoms with Gasteiger partial charge in [-0.05, 0) is 50.2 Å². The first-order valence-corrected chi connectivity index (χ1v) is 10.4. The maximum atomic E-state index is 12.7. The van der Waals surface area contributed by atoms with Crippen LogP contribution < -0.4 is 5.32 Å². The van der Waals surface area contributed by atoms with Crippen LogP contribution in [0.1, 0.15) is 24.2 Å². The molecule has 0 saturated heterocycles. The summed E-state index contributed by atoms with van der Waals surface area (Å²) in [6, 6.07) is 19.0. The number of aromatic nitrogens is 2. The van der Waals surface area contributed by atoms with E-state index in [1.54, 1.807) is 18.2 Å². The first-order chi connectivity index (χ1) is 15.6. The van der Waals surface area contributed by atoms with E-state index in [-0.39, 0.29) is 5.56 Å². The molecule has 7 nitrogen and oxygen atoms in total. The molecule has 1 N–H and O–H groups in total. The van der Waals surface area contributed by atoms with Crippen LogP contribution in [0.3, 0.4) is 0 Å². The highest BCUT2D eigenvalue weighted by atomic mass is 16.5. The first-order valence-electron chi connectivity index (χ1n) is 10.4. The van der Waals surface area contributed by atoms with Crippen LogP contribution in [0.5, 0.6) is 0 Å². The Morgan fingerprint density at radius 2 is 1.88 bits per heavy atom. The second kappa shape index (κ2) is 7.85. The standard InChI is InChI=1S/C25H21N3O4/c1-3-28-20-9-5-4-7-17(20)19-13-16(11-12-21(19)28)27-24(29)15(2)32-25(30)18-8-6-10-22-23(18)26-14-31-22/h4-15H,3H2,1-2H3,(H,27,29). The van der Waals surface area contributed by atoms with E-state index >= 15 is 0 Å². The van der Waals surface area contributed by atoms with Crippen molar-refractivity contribution in [3.05, 3.63) is 72.6 Å². The van der Waals surface area contributed by atoms with Crippen LogP contribution in [0, 0.1) is 0 Å². The average molecular weight is 427 g/mol. The third-order valence-corrected chi connectivity index (χ3v) is 5.59. The lowest BCUT2D eigenvalue weighted by atomic mass is 10.1. The van der Waals surface area contributed by atoms with Crippen molar-refractivity contribution >= 4 is 50.5 Å². The molecule has 160 valence electrons. The SMILES string of the molecule is CCn1c2ccccc2c2cc(NC(=O)C(C)OC(=O)c3cccc4ocnc34)ccc21. The van der Waals surface area contributed by atoms with Crippen molar-refractivity contribution in [2.75, 3.05) is 5.32 Å². The molecule has 2 heterocycles. The number of nitrogens with zero attached hydrogens (tertiary/aromatic N) is 2. The minimum Gasteiger partial charge on any atom is -0.449 e. The molecule has 0 aliphatic rings. The molecule has 1 unspecified atom stereocenters. The van der Waals surface area contributed by atoms with Gasteiger partial charge in [0.2, 0.25) is 0 Å². The molecule has 2 aromatic heterocycles. The molecule has 0 radical (unpaired) electrons. The number of fused-ring (bicyclic) bond motifs is 4. The molecule has 7 heteroatoms. The van der Waals surface area contributed by atoms with Crippen LogP contribution in [0.2, 0.25) is 0 Å². The lowest BCUT2D eigenvalue weighted by molar-refractivity contribution is -0.123. The zero-order chi connectivity index (χ0) is 22.2. The van der Waals surface area contributed by atoms with Gasteiger partial charge in [-0.25, -0.2) is 9.78 Å². The Balaban J connectivity index is 1.37. The molecule has 3 aromatic carbocycles. The number of ether oxygens (including phenoxy) is 1. The van der Waals surface area contributed by atoms with Crippen molar-refractivity contribution in [2.24, 2.45) is 0 Å². The summed E-state index contributed by atoms with van der Waals surface area (Å²) >= 11 is 0. The molecule has 0 bridgehead atoms. The Bertz CT molecular complexity index is 1480. The van der Waals surface area contributed by atoms with Gasteiger partial charge in [0.15, 0.2) is 18.1 Å². The van der Waals surface area contributed by atoms with Crippen molar-refractivity contribution in [1.29, 1.82) is 0 Å². The molecule has 0 saturated carbocycles. The summed E-state index contributed by atoms with van der Waals surface area (Å²) in [4.78, 5) is 29.4. The maximum absolute atomic E-state index is 12.7. The summed E-state index contributed by atoms with van der Waals surface area (Å²) in [7, 11) is 0. The number of rotatable bonds is 5. The highest BCUT2D eigenvalue weighted by molar-refractivity contribution is 6.10. The third kappa shape index (κ3) is 3.28. The number of hydrogen-bond donors (Lipinski definition) is 1. The summed E-state index contributed by atoms with van der Waals surface area (Å²) in [5.74, 6) is -1.04. The number of nitrogens with one attached hydrogen (secondary N) is 1. The minimum absolute atomic E-state index is 0.254. The number of amides is 1. The number of hydrogen-bond acceptors (Lipinski definition) is 5. The molecule has 0 fully saturated rings. The van der Waals surface area contributed by atoms with Crippen molar-refractivity contribution in [2.45, 2.75) is 26.5 Å². The molecule has 1 amide bonds. The fourth-order valence-electron chi connectivity index (χ4n) is 4.04. The molecular formula is C25H21N3O4. The zero-order valence-corrected chi connectivity index (χ0v) is 17.7. The number of oxazole rings is 1. The summed E-state index contributed by atoms with van der Waals surface area (Å²) in [5.41, 5.74) is 4.04. The zero-order valence-electron chi connectivity index (χ0n) is 17.7. The van der Waals surface area contributed by atoms with Crippen molar-refractivity contribution < 1.29 is 18.7 Å². The van der Waals surface area contributed by atoms with Gasteiger partial charge in [-0.1, -0.05) is 24.3 Å². The van der Waals surface area contributed by atoms with Crippen molar-refractivity contribution in [3.63, 3.8) is 0 Å². The normalized spacial score (nSPS) is 12.3. The van der Waals surface area contributed by atoms with Gasteiger partial charge < -0.3 is 19.0 Å². The van der Waals surface area contributed by atoms with Crippen LogP contribution in [-0.2, 0) is 16.1 Å². The summed E-state index contributed by atoms with van der Waals surface area (Å²) < 4.78 is 12.8. The van der Waals surface area contributed by atoms with E-state index in [9.17, 15) is 9.59 Å². The summed E-state index contributed by atoms with van der Waals surface area (Å²) in [6.07, 6.45) is 0.279. The van der Waals surface area contributed by atoms with Gasteiger partial charge in [0, 0.05) is 34.0 Å². The lowest BCUT2D eigenvalue weighted by Gasteiger charge is -2.14. The van der Waals surface area contributed by atoms with Gasteiger partial charge in [-0.15, -0.1) is 0 Å². The van der Waals surface area contributed by atoms with Gasteiger partial charge >= 0.3 is 5.97 Å². The Morgan fingerprint density at radius 3 is 2.72 bits per heavy atom. The van der Waals surface area contributed by atoms with Crippen LogP contribution >= 0.6 is 0 Å². The van der Waals surface area contributed by atoms with E-state index in [1.807, 2.05) is 30.3 Å². The Hall–Kier alpha value is -4.13. The number of carbonyl (C=O) groups excluding carboxylic acids is 2. The van der Waals surface area contributed by atoms with Crippen LogP contribution in [0.15, 0.2) is 71.5 Å². The predicted molar refractivity (Wildman–Crippen MR) is 123 cm³/mol. The van der Waals surface area contributed by atoms with Gasteiger partial charge in [0.1, 0.15) is 5.52 Å². The maximum Gasteiger partial charge on any atom is 0.341 e. The predicted octanol–water partition coefficient (Wildman–Crippen LogP) is 5.14. The summed E-state index contributed by atoms with van der Waals surface area (Å²) in [6.45, 7) is 4.50. The highest BCUT2D eigenvalue weighted by Crippen LogP contribution is 2.31. The van der Waals surface area contributed by atoms with Crippen LogP contribution in [0.25, 0.3) is 32.9 Å². The number of para-hydroxylation sites is 2. The lowest BCUT2D eigenvalue weighted by Crippen LogP contribution is -2.30.